The molecule has 0 heterocycles. The monoisotopic (exact) mass is 265 g/mol. The van der Waals surface area contributed by atoms with E-state index in [1.807, 2.05) is 19.9 Å². The molecule has 0 saturated heterocycles. The predicted octanol–water partition coefficient (Wildman–Crippen LogP) is 2.52. The Morgan fingerprint density at radius 1 is 1.61 bits per heavy atom. The van der Waals surface area contributed by atoms with Gasteiger partial charge in [0.2, 0.25) is 5.91 Å². The van der Waals surface area contributed by atoms with Gasteiger partial charge in [-0.3, -0.25) is 4.79 Å². The Morgan fingerprint density at radius 3 is 2.78 bits per heavy atom. The summed E-state index contributed by atoms with van der Waals surface area (Å²) in [5.41, 5.74) is 6.74. The number of nitrogens with two attached hydrogens (primary N) is 1. The number of hydrogen-bond acceptors (Lipinski definition) is 3. The first-order valence-corrected chi connectivity index (χ1v) is 6.13. The number of nitrogens with one attached hydrogen (secondary N) is 1. The Hall–Kier alpha value is -1.57. The molecule has 18 heavy (non-hydrogen) atoms. The Balaban J connectivity index is 2.80. The number of carbonyl (C=O) groups is 1. The van der Waals surface area contributed by atoms with E-state index in [-0.39, 0.29) is 11.8 Å². The van der Waals surface area contributed by atoms with Crippen LogP contribution in [-0.4, -0.2) is 11.9 Å². The number of hydrogen-bond donors (Lipinski definition) is 2. The molecule has 1 amide bonds. The number of rotatable bonds is 4. The molecule has 0 fully saturated rings. The maximum Gasteiger partial charge on any atom is 0.241 e. The largest absolute Gasteiger partial charge is 0.323 e. The number of benzene rings is 1. The molecule has 96 valence electrons. The van der Waals surface area contributed by atoms with Gasteiger partial charge in [0.15, 0.2) is 0 Å². The standard InChI is InChI=1S/C13H16ClN3O/c1-3-8(2)12(16)13(18)17-11-5-4-9(7-15)6-10(11)14/h4-6,8,12H,3,16H2,1-2H3,(H,17,18). The zero-order valence-electron chi connectivity index (χ0n) is 10.4. The summed E-state index contributed by atoms with van der Waals surface area (Å²) in [6, 6.07) is 6.11. The summed E-state index contributed by atoms with van der Waals surface area (Å²) in [6.07, 6.45) is 0.829. The highest BCUT2D eigenvalue weighted by Gasteiger charge is 2.20. The molecule has 0 bridgehead atoms. The molecule has 0 aliphatic rings. The number of halogens is 1. The molecule has 0 aromatic heterocycles. The molecule has 0 spiro atoms. The van der Waals surface area contributed by atoms with Gasteiger partial charge < -0.3 is 11.1 Å². The van der Waals surface area contributed by atoms with Crippen molar-refractivity contribution in [1.29, 1.82) is 5.26 Å². The smallest absolute Gasteiger partial charge is 0.241 e. The number of amides is 1. The van der Waals surface area contributed by atoms with E-state index in [1.165, 1.54) is 6.07 Å². The van der Waals surface area contributed by atoms with Crippen LogP contribution < -0.4 is 11.1 Å². The summed E-state index contributed by atoms with van der Waals surface area (Å²) in [4.78, 5) is 11.9. The van der Waals surface area contributed by atoms with E-state index in [0.717, 1.165) is 6.42 Å². The molecule has 0 saturated carbocycles. The van der Waals surface area contributed by atoms with Crippen molar-refractivity contribution in [3.8, 4) is 6.07 Å². The minimum absolute atomic E-state index is 0.0992. The van der Waals surface area contributed by atoms with E-state index in [9.17, 15) is 4.79 Å². The van der Waals surface area contributed by atoms with Gasteiger partial charge >= 0.3 is 0 Å². The van der Waals surface area contributed by atoms with E-state index >= 15 is 0 Å². The van der Waals surface area contributed by atoms with Gasteiger partial charge in [0.1, 0.15) is 0 Å². The van der Waals surface area contributed by atoms with Crippen molar-refractivity contribution in [3.63, 3.8) is 0 Å². The summed E-state index contributed by atoms with van der Waals surface area (Å²) in [5.74, 6) is -0.168. The summed E-state index contributed by atoms with van der Waals surface area (Å²) in [5, 5.41) is 11.7. The number of carbonyl (C=O) groups excluding carboxylic acids is 1. The highest BCUT2D eigenvalue weighted by atomic mass is 35.5. The highest BCUT2D eigenvalue weighted by molar-refractivity contribution is 6.33. The van der Waals surface area contributed by atoms with E-state index < -0.39 is 6.04 Å². The first-order valence-electron chi connectivity index (χ1n) is 5.75. The predicted molar refractivity (Wildman–Crippen MR) is 72.2 cm³/mol. The van der Waals surface area contributed by atoms with Crippen LogP contribution in [0.15, 0.2) is 18.2 Å². The zero-order valence-corrected chi connectivity index (χ0v) is 11.2. The molecule has 0 aliphatic carbocycles. The number of nitrogens with zero attached hydrogens (tertiary/aromatic N) is 1. The van der Waals surface area contributed by atoms with Crippen LogP contribution in [0.25, 0.3) is 0 Å². The Morgan fingerprint density at radius 2 is 2.28 bits per heavy atom. The minimum Gasteiger partial charge on any atom is -0.323 e. The zero-order chi connectivity index (χ0) is 13.7. The second-order valence-electron chi connectivity index (χ2n) is 4.21. The summed E-state index contributed by atoms with van der Waals surface area (Å²) in [6.45, 7) is 3.90. The van der Waals surface area contributed by atoms with Crippen molar-refractivity contribution in [2.75, 3.05) is 5.32 Å². The SMILES string of the molecule is CCC(C)C(N)C(=O)Nc1ccc(C#N)cc1Cl. The van der Waals surface area contributed by atoms with E-state index in [1.54, 1.807) is 12.1 Å². The molecule has 0 radical (unpaired) electrons. The van der Waals surface area contributed by atoms with Crippen molar-refractivity contribution in [3.05, 3.63) is 28.8 Å². The lowest BCUT2D eigenvalue weighted by Gasteiger charge is -2.18. The molecule has 4 nitrogen and oxygen atoms in total. The third-order valence-electron chi connectivity index (χ3n) is 2.92. The lowest BCUT2D eigenvalue weighted by atomic mass is 9.99. The maximum absolute atomic E-state index is 11.9. The quantitative estimate of drug-likeness (QED) is 0.878. The summed E-state index contributed by atoms with van der Waals surface area (Å²) >= 11 is 5.96. The van der Waals surface area contributed by atoms with Crippen molar-refractivity contribution in [2.24, 2.45) is 11.7 Å². The van der Waals surface area contributed by atoms with E-state index in [4.69, 9.17) is 22.6 Å². The van der Waals surface area contributed by atoms with Crippen molar-refractivity contribution < 1.29 is 4.79 Å². The molecule has 5 heteroatoms. The third-order valence-corrected chi connectivity index (χ3v) is 3.23. The topological polar surface area (TPSA) is 78.9 Å². The van der Waals surface area contributed by atoms with Crippen LogP contribution in [0.4, 0.5) is 5.69 Å². The van der Waals surface area contributed by atoms with Crippen LogP contribution in [0.2, 0.25) is 5.02 Å². The Kier molecular flexibility index (Phi) is 5.14. The van der Waals surface area contributed by atoms with Crippen LogP contribution in [0.5, 0.6) is 0 Å². The molecule has 3 N–H and O–H groups in total. The van der Waals surface area contributed by atoms with Crippen LogP contribution in [0.1, 0.15) is 25.8 Å². The Labute approximate surface area is 112 Å². The summed E-state index contributed by atoms with van der Waals surface area (Å²) in [7, 11) is 0. The van der Waals surface area contributed by atoms with Crippen LogP contribution in [-0.2, 0) is 4.79 Å². The average molecular weight is 266 g/mol. The number of anilines is 1. The van der Waals surface area contributed by atoms with Gasteiger partial charge in [0.25, 0.3) is 0 Å². The molecule has 2 atom stereocenters. The second kappa shape index (κ2) is 6.39. The van der Waals surface area contributed by atoms with E-state index in [2.05, 4.69) is 5.32 Å². The molecular formula is C13H16ClN3O. The third kappa shape index (κ3) is 3.46. The molecule has 1 rings (SSSR count). The average Bonchev–Trinajstić information content (AvgIpc) is 2.38. The normalized spacial score (nSPS) is 13.5. The molecule has 1 aromatic rings. The van der Waals surface area contributed by atoms with Gasteiger partial charge in [-0.1, -0.05) is 31.9 Å². The number of nitriles is 1. The van der Waals surface area contributed by atoms with E-state index in [0.29, 0.717) is 16.3 Å². The fourth-order valence-electron chi connectivity index (χ4n) is 1.41. The van der Waals surface area contributed by atoms with Crippen LogP contribution in [0, 0.1) is 17.2 Å². The highest BCUT2D eigenvalue weighted by Crippen LogP contribution is 2.23. The van der Waals surface area contributed by atoms with Gasteiger partial charge in [-0.25, -0.2) is 0 Å². The van der Waals surface area contributed by atoms with Gasteiger partial charge in [-0.2, -0.15) is 5.26 Å². The lowest BCUT2D eigenvalue weighted by Crippen LogP contribution is -2.40. The molecule has 0 aliphatic heterocycles. The van der Waals surface area contributed by atoms with Crippen molar-refractivity contribution >= 4 is 23.2 Å². The minimum atomic E-state index is -0.568. The van der Waals surface area contributed by atoms with Crippen molar-refractivity contribution in [2.45, 2.75) is 26.3 Å². The van der Waals surface area contributed by atoms with Gasteiger partial charge in [0.05, 0.1) is 28.4 Å². The Bertz CT molecular complexity index is 482. The van der Waals surface area contributed by atoms with Gasteiger partial charge in [0, 0.05) is 0 Å². The first-order chi connectivity index (χ1) is 8.49. The first kappa shape index (κ1) is 14.5. The van der Waals surface area contributed by atoms with Gasteiger partial charge in [-0.15, -0.1) is 0 Å². The van der Waals surface area contributed by atoms with Gasteiger partial charge in [-0.05, 0) is 24.1 Å². The lowest BCUT2D eigenvalue weighted by molar-refractivity contribution is -0.118. The maximum atomic E-state index is 11.9. The second-order valence-corrected chi connectivity index (χ2v) is 4.61. The fourth-order valence-corrected chi connectivity index (χ4v) is 1.64. The molecule has 1 aromatic carbocycles. The molecular weight excluding hydrogens is 250 g/mol. The van der Waals surface area contributed by atoms with Crippen LogP contribution in [0.3, 0.4) is 0 Å². The summed E-state index contributed by atoms with van der Waals surface area (Å²) < 4.78 is 0. The van der Waals surface area contributed by atoms with Crippen molar-refractivity contribution in [1.82, 2.24) is 0 Å². The molecule has 2 unspecified atom stereocenters. The fraction of sp³-hybridized carbons (Fsp3) is 0.385. The van der Waals surface area contributed by atoms with Crippen LogP contribution >= 0.6 is 11.6 Å².